The first-order chi connectivity index (χ1) is 15.2. The van der Waals surface area contributed by atoms with Crippen LogP contribution in [0.1, 0.15) is 102 Å². The van der Waals surface area contributed by atoms with E-state index < -0.39 is 0 Å². The first-order valence-electron chi connectivity index (χ1n) is 12.4. The average molecular weight is 434 g/mol. The van der Waals surface area contributed by atoms with E-state index in [1.807, 2.05) is 24.4 Å². The minimum absolute atomic E-state index is 0.0101. The quantitative estimate of drug-likeness (QED) is 0.453. The summed E-state index contributed by atoms with van der Waals surface area (Å²) in [6.45, 7) is 11.2. The van der Waals surface area contributed by atoms with Crippen molar-refractivity contribution in [2.24, 2.45) is 5.92 Å². The second-order valence-corrected chi connectivity index (χ2v) is 10.9. The summed E-state index contributed by atoms with van der Waals surface area (Å²) in [6, 6.07) is 10.3. The van der Waals surface area contributed by atoms with Crippen LogP contribution >= 0.6 is 0 Å². The number of aromatic hydroxyl groups is 1. The highest BCUT2D eigenvalue weighted by molar-refractivity contribution is 5.66. The van der Waals surface area contributed by atoms with Crippen LogP contribution in [0.25, 0.3) is 5.57 Å². The van der Waals surface area contributed by atoms with Gasteiger partial charge >= 0.3 is 0 Å². The molecule has 1 aromatic carbocycles. The fraction of sp³-hybridized carbons (Fsp3) is 0.552. The Morgan fingerprint density at radius 2 is 1.97 bits per heavy atom. The van der Waals surface area contributed by atoms with E-state index >= 15 is 0 Å². The number of rotatable bonds is 7. The molecule has 0 fully saturated rings. The molecule has 2 atom stereocenters. The van der Waals surface area contributed by atoms with Crippen LogP contribution in [0.2, 0.25) is 0 Å². The van der Waals surface area contributed by atoms with Crippen molar-refractivity contribution in [2.45, 2.75) is 96.5 Å². The number of aromatic nitrogens is 1. The summed E-state index contributed by atoms with van der Waals surface area (Å²) in [5, 5.41) is 11.3. The zero-order valence-electron chi connectivity index (χ0n) is 20.4. The zero-order chi connectivity index (χ0) is 22.9. The van der Waals surface area contributed by atoms with Crippen LogP contribution in [0.3, 0.4) is 0 Å². The lowest BCUT2D eigenvalue weighted by Crippen LogP contribution is -2.45. The number of ether oxygens (including phenoxy) is 1. The van der Waals surface area contributed by atoms with Crippen LogP contribution < -0.4 is 4.74 Å². The number of fused-ring (bicyclic) bond motifs is 3. The Bertz CT molecular complexity index is 974. The molecule has 0 unspecified atom stereocenters. The summed E-state index contributed by atoms with van der Waals surface area (Å²) in [5.41, 5.74) is 4.21. The SMILES string of the molecule is CCCCCCC(C)(C)c1cc(O)c2c(c1)OC(C)(C)[C@@H]1CC=C(c3ccccn3)C[C@@H]21. The summed E-state index contributed by atoms with van der Waals surface area (Å²) in [5.74, 6) is 1.83. The van der Waals surface area contributed by atoms with Crippen LogP contribution in [0.15, 0.2) is 42.6 Å². The molecule has 0 spiro atoms. The highest BCUT2D eigenvalue weighted by Crippen LogP contribution is 2.55. The van der Waals surface area contributed by atoms with Crippen molar-refractivity contribution in [2.75, 3.05) is 0 Å². The fourth-order valence-corrected chi connectivity index (χ4v) is 5.69. The number of benzene rings is 1. The number of unbranched alkanes of at least 4 members (excludes halogenated alkanes) is 3. The maximum absolute atomic E-state index is 11.3. The third-order valence-electron chi connectivity index (χ3n) is 7.73. The summed E-state index contributed by atoms with van der Waals surface area (Å²) in [6.07, 6.45) is 12.1. The van der Waals surface area contributed by atoms with Gasteiger partial charge in [-0.1, -0.05) is 58.6 Å². The second-order valence-electron chi connectivity index (χ2n) is 10.9. The van der Waals surface area contributed by atoms with Gasteiger partial charge in [0.2, 0.25) is 0 Å². The smallest absolute Gasteiger partial charge is 0.127 e. The van der Waals surface area contributed by atoms with Crippen molar-refractivity contribution in [3.05, 3.63) is 59.4 Å². The summed E-state index contributed by atoms with van der Waals surface area (Å²) in [4.78, 5) is 4.58. The number of hydrogen-bond acceptors (Lipinski definition) is 3. The van der Waals surface area contributed by atoms with Crippen molar-refractivity contribution >= 4 is 5.57 Å². The van der Waals surface area contributed by atoms with E-state index in [2.05, 4.69) is 57.8 Å². The predicted molar refractivity (Wildman–Crippen MR) is 132 cm³/mol. The third kappa shape index (κ3) is 4.44. The van der Waals surface area contributed by atoms with Crippen LogP contribution in [0.4, 0.5) is 0 Å². The average Bonchev–Trinajstić information content (AvgIpc) is 2.76. The van der Waals surface area contributed by atoms with Crippen molar-refractivity contribution < 1.29 is 9.84 Å². The highest BCUT2D eigenvalue weighted by Gasteiger charge is 2.46. The van der Waals surface area contributed by atoms with E-state index in [0.29, 0.717) is 11.7 Å². The van der Waals surface area contributed by atoms with Gasteiger partial charge in [-0.25, -0.2) is 0 Å². The first-order valence-corrected chi connectivity index (χ1v) is 12.4. The van der Waals surface area contributed by atoms with Gasteiger partial charge in [0, 0.05) is 23.6 Å². The monoisotopic (exact) mass is 433 g/mol. The molecular formula is C29H39NO2. The predicted octanol–water partition coefficient (Wildman–Crippen LogP) is 7.78. The molecule has 172 valence electrons. The van der Waals surface area contributed by atoms with Gasteiger partial charge in [-0.05, 0) is 73.9 Å². The Hall–Kier alpha value is -2.29. The van der Waals surface area contributed by atoms with Crippen molar-refractivity contribution in [3.8, 4) is 11.5 Å². The number of phenolic OH excluding ortho intramolecular Hbond substituents is 1. The van der Waals surface area contributed by atoms with E-state index in [-0.39, 0.29) is 16.9 Å². The molecule has 0 radical (unpaired) electrons. The number of pyridine rings is 1. The molecule has 2 aliphatic rings. The lowest BCUT2D eigenvalue weighted by atomic mass is 9.66. The Labute approximate surface area is 193 Å². The summed E-state index contributed by atoms with van der Waals surface area (Å²) in [7, 11) is 0. The van der Waals surface area contributed by atoms with E-state index in [1.54, 1.807) is 0 Å². The molecule has 3 heteroatoms. The molecular weight excluding hydrogens is 394 g/mol. The van der Waals surface area contributed by atoms with Crippen LogP contribution in [-0.4, -0.2) is 15.7 Å². The Morgan fingerprint density at radius 1 is 1.16 bits per heavy atom. The van der Waals surface area contributed by atoms with E-state index in [9.17, 15) is 5.11 Å². The topological polar surface area (TPSA) is 42.4 Å². The van der Waals surface area contributed by atoms with Gasteiger partial charge in [-0.2, -0.15) is 0 Å². The molecule has 4 rings (SSSR count). The molecule has 0 saturated carbocycles. The van der Waals surface area contributed by atoms with Gasteiger partial charge in [0.15, 0.2) is 0 Å². The first kappa shape index (κ1) is 22.9. The Morgan fingerprint density at radius 3 is 2.69 bits per heavy atom. The summed E-state index contributed by atoms with van der Waals surface area (Å²) < 4.78 is 6.58. The van der Waals surface area contributed by atoms with Crippen molar-refractivity contribution in [1.82, 2.24) is 4.98 Å². The number of phenols is 1. The molecule has 2 aromatic rings. The number of allylic oxidation sites excluding steroid dienone is 2. The Balaban J connectivity index is 1.66. The molecule has 0 saturated heterocycles. The standard InChI is InChI=1S/C29H39NO2/c1-6-7-8-10-15-28(2,3)21-18-25(31)27-22-17-20(24-12-9-11-16-30-24)13-14-23(22)29(4,5)32-26(27)19-21/h9,11-13,16,18-19,22-23,31H,6-8,10,14-15,17H2,1-5H3/t22-,23-/m1/s1. The molecule has 32 heavy (non-hydrogen) atoms. The highest BCUT2D eigenvalue weighted by atomic mass is 16.5. The number of nitrogens with zero attached hydrogens (tertiary/aromatic N) is 1. The lowest BCUT2D eigenvalue weighted by Gasteiger charge is -2.47. The summed E-state index contributed by atoms with van der Waals surface area (Å²) >= 11 is 0. The molecule has 1 aliphatic carbocycles. The molecule has 1 aromatic heterocycles. The third-order valence-corrected chi connectivity index (χ3v) is 7.73. The minimum Gasteiger partial charge on any atom is -0.508 e. The van der Waals surface area contributed by atoms with Crippen LogP contribution in [0.5, 0.6) is 11.5 Å². The lowest BCUT2D eigenvalue weighted by molar-refractivity contribution is 0.00908. The second kappa shape index (κ2) is 8.92. The van der Waals surface area contributed by atoms with Crippen LogP contribution in [0, 0.1) is 5.92 Å². The van der Waals surface area contributed by atoms with Gasteiger partial charge in [-0.15, -0.1) is 0 Å². The van der Waals surface area contributed by atoms with E-state index in [1.165, 1.54) is 36.8 Å². The largest absolute Gasteiger partial charge is 0.508 e. The van der Waals surface area contributed by atoms with E-state index in [0.717, 1.165) is 36.3 Å². The van der Waals surface area contributed by atoms with Gasteiger partial charge in [0.25, 0.3) is 0 Å². The fourth-order valence-electron chi connectivity index (χ4n) is 5.69. The molecule has 3 nitrogen and oxygen atoms in total. The van der Waals surface area contributed by atoms with Gasteiger partial charge in [0.1, 0.15) is 17.1 Å². The molecule has 1 aliphatic heterocycles. The molecule has 0 bridgehead atoms. The maximum atomic E-state index is 11.3. The molecule has 2 heterocycles. The minimum atomic E-state index is -0.278. The molecule has 1 N–H and O–H groups in total. The van der Waals surface area contributed by atoms with E-state index in [4.69, 9.17) is 4.74 Å². The van der Waals surface area contributed by atoms with Crippen molar-refractivity contribution in [3.63, 3.8) is 0 Å². The number of hydrogen-bond donors (Lipinski definition) is 1. The van der Waals surface area contributed by atoms with Gasteiger partial charge < -0.3 is 9.84 Å². The zero-order valence-corrected chi connectivity index (χ0v) is 20.4. The van der Waals surface area contributed by atoms with Crippen molar-refractivity contribution in [1.29, 1.82) is 0 Å². The maximum Gasteiger partial charge on any atom is 0.127 e. The molecule has 0 amide bonds. The van der Waals surface area contributed by atoms with Crippen LogP contribution in [-0.2, 0) is 5.41 Å². The van der Waals surface area contributed by atoms with Gasteiger partial charge in [0.05, 0.1) is 5.69 Å². The van der Waals surface area contributed by atoms with Gasteiger partial charge in [-0.3, -0.25) is 4.98 Å². The Kier molecular flexibility index (Phi) is 6.38. The normalized spacial score (nSPS) is 21.8.